The van der Waals surface area contributed by atoms with Gasteiger partial charge in [0.25, 0.3) is 0 Å². The van der Waals surface area contributed by atoms with E-state index < -0.39 is 0 Å². The van der Waals surface area contributed by atoms with Crippen molar-refractivity contribution in [1.82, 2.24) is 9.97 Å². The van der Waals surface area contributed by atoms with Crippen molar-refractivity contribution in [2.24, 2.45) is 5.92 Å². The summed E-state index contributed by atoms with van der Waals surface area (Å²) in [5.41, 5.74) is 1.80. The Hall–Kier alpha value is -0.400. The Kier molecular flexibility index (Phi) is 5.85. The number of nitrogens with zero attached hydrogens (tertiary/aromatic N) is 2. The third kappa shape index (κ3) is 4.07. The lowest BCUT2D eigenvalue weighted by Crippen LogP contribution is -2.05. The van der Waals surface area contributed by atoms with Crippen molar-refractivity contribution >= 4 is 50.1 Å². The zero-order chi connectivity index (χ0) is 15.6. The quantitative estimate of drug-likeness (QED) is 0.435. The minimum absolute atomic E-state index is 0.485. The first-order chi connectivity index (χ1) is 9.92. The maximum absolute atomic E-state index is 6.28. The van der Waals surface area contributed by atoms with Gasteiger partial charge in [0.1, 0.15) is 10.9 Å². The molecule has 1 aromatic heterocycles. The number of ether oxygens (including phenoxy) is 1. The third-order valence-electron chi connectivity index (χ3n) is 2.88. The first-order valence-electron chi connectivity index (χ1n) is 6.48. The normalized spacial score (nSPS) is 11.0. The van der Waals surface area contributed by atoms with Gasteiger partial charge in [-0.1, -0.05) is 41.4 Å². The Morgan fingerprint density at radius 1 is 1.33 bits per heavy atom. The van der Waals surface area contributed by atoms with Crippen molar-refractivity contribution in [3.63, 3.8) is 0 Å². The molecule has 0 fully saturated rings. The third-order valence-corrected chi connectivity index (χ3v) is 5.10. The van der Waals surface area contributed by atoms with Gasteiger partial charge in [0.2, 0.25) is 0 Å². The van der Waals surface area contributed by atoms with E-state index in [9.17, 15) is 0 Å². The van der Waals surface area contributed by atoms with E-state index in [-0.39, 0.29) is 0 Å². The summed E-state index contributed by atoms with van der Waals surface area (Å²) < 4.78 is 7.26. The summed E-state index contributed by atoms with van der Waals surface area (Å²) in [6.45, 7) is 4.32. The summed E-state index contributed by atoms with van der Waals surface area (Å²) in [5.74, 6) is 1.82. The fourth-order valence-corrected chi connectivity index (χ4v) is 2.97. The van der Waals surface area contributed by atoms with Crippen LogP contribution in [0.5, 0.6) is 5.75 Å². The zero-order valence-electron chi connectivity index (χ0n) is 12.0. The highest BCUT2D eigenvalue weighted by Crippen LogP contribution is 2.33. The monoisotopic (exact) mass is 480 g/mol. The van der Waals surface area contributed by atoms with Crippen LogP contribution in [0.1, 0.15) is 19.5 Å². The second kappa shape index (κ2) is 7.24. The van der Waals surface area contributed by atoms with Gasteiger partial charge in [-0.3, -0.25) is 0 Å². The minimum Gasteiger partial charge on any atom is -0.496 e. The predicted molar refractivity (Wildman–Crippen MR) is 98.0 cm³/mol. The number of hydrogen-bond donors (Lipinski definition) is 0. The molecule has 112 valence electrons. The molecule has 2 aromatic rings. The average molecular weight is 482 g/mol. The van der Waals surface area contributed by atoms with Crippen molar-refractivity contribution in [1.29, 1.82) is 0 Å². The largest absolute Gasteiger partial charge is 0.496 e. The summed E-state index contributed by atoms with van der Waals surface area (Å²) in [6, 6.07) is 5.75. The van der Waals surface area contributed by atoms with E-state index in [1.807, 2.05) is 18.2 Å². The molecule has 0 radical (unpaired) electrons. The van der Waals surface area contributed by atoms with E-state index in [2.05, 4.69) is 62.3 Å². The van der Waals surface area contributed by atoms with Gasteiger partial charge in [0, 0.05) is 4.47 Å². The summed E-state index contributed by atoms with van der Waals surface area (Å²) in [5, 5.41) is 0.485. The van der Waals surface area contributed by atoms with Crippen LogP contribution in [0.25, 0.3) is 11.4 Å². The highest BCUT2D eigenvalue weighted by molar-refractivity contribution is 14.1. The lowest BCUT2D eigenvalue weighted by molar-refractivity contribution is 0.416. The molecule has 2 rings (SSSR count). The first-order valence-corrected chi connectivity index (χ1v) is 8.73. The van der Waals surface area contributed by atoms with Crippen LogP contribution in [0.3, 0.4) is 0 Å². The van der Waals surface area contributed by atoms with Crippen LogP contribution in [0.2, 0.25) is 5.15 Å². The number of methoxy groups -OCH3 is 1. The van der Waals surface area contributed by atoms with Crippen LogP contribution in [-0.2, 0) is 6.42 Å². The molecule has 0 aliphatic carbocycles. The van der Waals surface area contributed by atoms with Gasteiger partial charge in [-0.05, 0) is 53.1 Å². The van der Waals surface area contributed by atoms with Crippen LogP contribution in [0.4, 0.5) is 0 Å². The molecule has 0 N–H and O–H groups in total. The van der Waals surface area contributed by atoms with Crippen molar-refractivity contribution in [3.8, 4) is 17.1 Å². The van der Waals surface area contributed by atoms with E-state index in [0.717, 1.165) is 31.5 Å². The fraction of sp³-hybridized carbons (Fsp3) is 0.333. The molecule has 0 bridgehead atoms. The van der Waals surface area contributed by atoms with Gasteiger partial charge >= 0.3 is 0 Å². The molecule has 0 aliphatic rings. The molecular formula is C15H15BrClIN2O. The number of halogens is 3. The van der Waals surface area contributed by atoms with Gasteiger partial charge in [-0.15, -0.1) is 0 Å². The molecule has 1 heterocycles. The van der Waals surface area contributed by atoms with Crippen LogP contribution in [-0.4, -0.2) is 17.1 Å². The van der Waals surface area contributed by atoms with Crippen LogP contribution >= 0.6 is 50.1 Å². The van der Waals surface area contributed by atoms with Crippen LogP contribution in [0, 0.1) is 9.49 Å². The average Bonchev–Trinajstić information content (AvgIpc) is 2.43. The predicted octanol–water partition coefficient (Wildman–Crippen LogP) is 5.37. The van der Waals surface area contributed by atoms with Gasteiger partial charge in [0.15, 0.2) is 5.82 Å². The minimum atomic E-state index is 0.485. The van der Waals surface area contributed by atoms with Gasteiger partial charge in [-0.25, -0.2) is 9.97 Å². The topological polar surface area (TPSA) is 35.0 Å². The SMILES string of the molecule is COc1ccc(Br)cc1-c1nc(Cl)c(I)c(CC(C)C)n1. The maximum atomic E-state index is 6.28. The molecule has 3 nitrogen and oxygen atoms in total. The Morgan fingerprint density at radius 3 is 2.67 bits per heavy atom. The summed E-state index contributed by atoms with van der Waals surface area (Å²) in [7, 11) is 1.63. The standard InChI is InChI=1S/C15H15BrClIN2O/c1-8(2)6-11-13(18)14(17)20-15(19-11)10-7-9(16)4-5-12(10)21-3/h4-5,7-8H,6H2,1-3H3. The molecule has 21 heavy (non-hydrogen) atoms. The van der Waals surface area contributed by atoms with Crippen molar-refractivity contribution < 1.29 is 4.74 Å². The van der Waals surface area contributed by atoms with E-state index >= 15 is 0 Å². The lowest BCUT2D eigenvalue weighted by atomic mass is 10.1. The number of hydrogen-bond acceptors (Lipinski definition) is 3. The Balaban J connectivity index is 2.59. The highest BCUT2D eigenvalue weighted by atomic mass is 127. The van der Waals surface area contributed by atoms with E-state index in [4.69, 9.17) is 16.3 Å². The highest BCUT2D eigenvalue weighted by Gasteiger charge is 2.16. The van der Waals surface area contributed by atoms with Crippen LogP contribution < -0.4 is 4.74 Å². The number of benzene rings is 1. The molecule has 0 saturated carbocycles. The van der Waals surface area contributed by atoms with E-state index in [0.29, 0.717) is 16.9 Å². The van der Waals surface area contributed by atoms with Crippen molar-refractivity contribution in [2.75, 3.05) is 7.11 Å². The smallest absolute Gasteiger partial charge is 0.164 e. The molecule has 0 unspecified atom stereocenters. The Bertz CT molecular complexity index is 664. The van der Waals surface area contributed by atoms with E-state index in [1.54, 1.807) is 7.11 Å². The van der Waals surface area contributed by atoms with Gasteiger partial charge < -0.3 is 4.74 Å². The second-order valence-corrected chi connectivity index (χ2v) is 7.39. The summed E-state index contributed by atoms with van der Waals surface area (Å²) in [4.78, 5) is 9.10. The first kappa shape index (κ1) is 17.0. The number of rotatable bonds is 4. The molecule has 1 aromatic carbocycles. The molecule has 0 saturated heterocycles. The molecular weight excluding hydrogens is 466 g/mol. The van der Waals surface area contributed by atoms with Crippen molar-refractivity contribution in [3.05, 3.63) is 37.1 Å². The Labute approximate surface area is 151 Å². The van der Waals surface area contributed by atoms with Crippen molar-refractivity contribution in [2.45, 2.75) is 20.3 Å². The lowest BCUT2D eigenvalue weighted by Gasteiger charge is -2.12. The van der Waals surface area contributed by atoms with E-state index in [1.165, 1.54) is 0 Å². The maximum Gasteiger partial charge on any atom is 0.164 e. The Morgan fingerprint density at radius 2 is 2.05 bits per heavy atom. The van der Waals surface area contributed by atoms with Gasteiger partial charge in [0.05, 0.1) is 21.9 Å². The summed E-state index contributed by atoms with van der Waals surface area (Å²) >= 11 is 11.9. The van der Waals surface area contributed by atoms with Gasteiger partial charge in [-0.2, -0.15) is 0 Å². The van der Waals surface area contributed by atoms with Crippen LogP contribution in [0.15, 0.2) is 22.7 Å². The zero-order valence-corrected chi connectivity index (χ0v) is 16.5. The second-order valence-electron chi connectivity index (χ2n) is 5.04. The molecule has 0 amide bonds. The molecule has 0 spiro atoms. The molecule has 0 atom stereocenters. The molecule has 6 heteroatoms. The fourth-order valence-electron chi connectivity index (χ4n) is 1.96. The molecule has 0 aliphatic heterocycles. The number of aromatic nitrogens is 2. The summed E-state index contributed by atoms with van der Waals surface area (Å²) in [6.07, 6.45) is 0.865.